The van der Waals surface area contributed by atoms with Crippen LogP contribution in [0.3, 0.4) is 0 Å². The Labute approximate surface area is 208 Å². The van der Waals surface area contributed by atoms with Gasteiger partial charge in [-0.1, -0.05) is 6.92 Å². The molecule has 0 spiro atoms. The molecule has 0 saturated heterocycles. The van der Waals surface area contributed by atoms with Crippen molar-refractivity contribution >= 4 is 41.6 Å². The number of aromatic nitrogens is 4. The fraction of sp³-hybridized carbons (Fsp3) is 0.375. The predicted molar refractivity (Wildman–Crippen MR) is 136 cm³/mol. The number of amides is 1. The Bertz CT molecular complexity index is 1450. The first kappa shape index (κ1) is 20.8. The molecule has 2 N–H and O–H groups in total. The highest BCUT2D eigenvalue weighted by Crippen LogP contribution is 2.39. The molecule has 1 aliphatic carbocycles. The van der Waals surface area contributed by atoms with Crippen LogP contribution in [-0.4, -0.2) is 51.9 Å². The summed E-state index contributed by atoms with van der Waals surface area (Å²) in [6, 6.07) is 4.63. The lowest BCUT2D eigenvalue weighted by Crippen LogP contribution is -2.15. The molecule has 0 unspecified atom stereocenters. The third-order valence-corrected chi connectivity index (χ3v) is 7.03. The number of nitrogens with zero attached hydrogens (tertiary/aromatic N) is 4. The lowest BCUT2D eigenvalue weighted by Gasteiger charge is -2.16. The van der Waals surface area contributed by atoms with Crippen LogP contribution < -0.4 is 20.8 Å². The van der Waals surface area contributed by atoms with Crippen molar-refractivity contribution in [3.8, 4) is 17.0 Å². The summed E-state index contributed by atoms with van der Waals surface area (Å²) in [5.41, 5.74) is 1.41. The van der Waals surface area contributed by atoms with E-state index in [0.29, 0.717) is 16.8 Å². The highest BCUT2D eigenvalue weighted by Gasteiger charge is 2.30. The van der Waals surface area contributed by atoms with Gasteiger partial charge in [-0.3, -0.25) is 14.3 Å². The minimum absolute atomic E-state index is 0.0234. The van der Waals surface area contributed by atoms with Crippen LogP contribution in [0.5, 0.6) is 5.75 Å². The Kier molecular flexibility index (Phi) is 5.72. The van der Waals surface area contributed by atoms with Crippen LogP contribution in [0.25, 0.3) is 11.3 Å². The second-order valence-corrected chi connectivity index (χ2v) is 11.8. The number of hydrogen-bond donors (Lipinski definition) is 2. The number of pyridine rings is 2. The monoisotopic (exact) mass is 499 g/mol. The van der Waals surface area contributed by atoms with Gasteiger partial charge in [0.25, 0.3) is 0 Å². The van der Waals surface area contributed by atoms with Crippen molar-refractivity contribution in [2.75, 3.05) is 31.1 Å². The molecular weight excluding hydrogens is 467 g/mol. The molecule has 3 aromatic rings. The largest absolute Gasteiger partial charge is 0.492 e. The van der Waals surface area contributed by atoms with Crippen molar-refractivity contribution in [2.45, 2.75) is 26.2 Å². The number of anilines is 3. The van der Waals surface area contributed by atoms with E-state index in [0.717, 1.165) is 17.5 Å². The molecule has 4 rings (SSSR count). The number of Topliss-reactive ketones (excluding diaryl/α,β-unsaturated/α-hetero) is 1. The van der Waals surface area contributed by atoms with E-state index in [1.165, 1.54) is 38.9 Å². The number of carbonyl (C=O) groups excluding carboxylic acids is 2. The van der Waals surface area contributed by atoms with Crippen molar-refractivity contribution in [1.82, 2.24) is 19.7 Å². The van der Waals surface area contributed by atoms with Gasteiger partial charge in [0.1, 0.15) is 13.0 Å². The normalized spacial score (nSPS) is 15.0. The van der Waals surface area contributed by atoms with Crippen molar-refractivity contribution in [3.63, 3.8) is 0 Å². The molecule has 0 aliphatic heterocycles. The average molecular weight is 500 g/mol. The molecule has 3 heterocycles. The summed E-state index contributed by atoms with van der Waals surface area (Å²) in [7, 11) is -1.57. The zero-order valence-corrected chi connectivity index (χ0v) is 20.8. The van der Waals surface area contributed by atoms with Crippen LogP contribution in [0.4, 0.5) is 17.3 Å². The smallest absolute Gasteiger partial charge is 0.228 e. The number of carbonyl (C=O) groups is 2. The maximum absolute atomic E-state index is 12.8. The first-order chi connectivity index (χ1) is 17.8. The molecule has 11 heteroatoms. The fourth-order valence-electron chi connectivity index (χ4n) is 3.57. The van der Waals surface area contributed by atoms with Gasteiger partial charge in [0.2, 0.25) is 5.91 Å². The van der Waals surface area contributed by atoms with Crippen LogP contribution in [0.1, 0.15) is 40.7 Å². The predicted octanol–water partition coefficient (Wildman–Crippen LogP) is 3.82. The van der Waals surface area contributed by atoms with Gasteiger partial charge >= 0.3 is 0 Å². The molecule has 0 bridgehead atoms. The third-order valence-electron chi connectivity index (χ3n) is 5.60. The number of ketones is 1. The van der Waals surface area contributed by atoms with Crippen LogP contribution in [-0.2, 0) is 16.3 Å². The summed E-state index contributed by atoms with van der Waals surface area (Å²) in [5, 5.41) is 10.1. The summed E-state index contributed by atoms with van der Waals surface area (Å²) < 4.78 is 42.8. The maximum Gasteiger partial charge on any atom is 0.228 e. The number of aryl methyl sites for hydroxylation is 1. The maximum atomic E-state index is 12.8. The highest BCUT2D eigenvalue weighted by molar-refractivity contribution is 7.69. The molecule has 0 radical (unpaired) electrons. The third kappa shape index (κ3) is 5.27. The van der Waals surface area contributed by atoms with Crippen molar-refractivity contribution in [3.05, 3.63) is 36.2 Å². The number of rotatable bonds is 9. The van der Waals surface area contributed by atoms with Crippen LogP contribution in [0, 0.1) is 5.92 Å². The summed E-state index contributed by atoms with van der Waals surface area (Å²) in [5.74, 6) is 0.423. The number of ether oxygens (including phenoxy) is 1. The van der Waals surface area contributed by atoms with Crippen LogP contribution in [0.15, 0.2) is 30.6 Å². The first-order valence-corrected chi connectivity index (χ1v) is 13.7. The van der Waals surface area contributed by atoms with Gasteiger partial charge in [-0.05, 0) is 38.3 Å². The number of nitrogens with one attached hydrogen (secondary N) is 2. The van der Waals surface area contributed by atoms with Crippen molar-refractivity contribution < 1.29 is 23.0 Å². The van der Waals surface area contributed by atoms with Gasteiger partial charge in [0.15, 0.2) is 17.4 Å². The fourth-order valence-corrected chi connectivity index (χ4v) is 4.51. The Morgan fingerprint density at radius 2 is 2.06 bits per heavy atom. The molecule has 1 amide bonds. The first-order valence-electron chi connectivity index (χ1n) is 12.6. The van der Waals surface area contributed by atoms with E-state index in [1.807, 2.05) is 0 Å². The molecule has 0 aromatic carbocycles. The molecule has 35 heavy (non-hydrogen) atoms. The molecule has 1 fully saturated rings. The molecule has 184 valence electrons. The summed E-state index contributed by atoms with van der Waals surface area (Å²) >= 11 is 0. The Hall–Kier alpha value is -3.52. The topological polar surface area (TPSA) is 128 Å². The zero-order valence-electron chi connectivity index (χ0n) is 23.0. The molecule has 3 aromatic heterocycles. The number of methoxy groups -OCH3 is 1. The van der Waals surface area contributed by atoms with E-state index < -0.39 is 14.1 Å². The minimum atomic E-state index is -2.99. The van der Waals surface area contributed by atoms with E-state index >= 15 is 0 Å². The molecule has 1 saturated carbocycles. The molecular formula is C24H29N6O4P. The summed E-state index contributed by atoms with van der Waals surface area (Å²) in [6.07, 6.45) is 4.78. The zero-order chi connectivity index (χ0) is 27.8. The average Bonchev–Trinajstić information content (AvgIpc) is 3.59. The quantitative estimate of drug-likeness (QED) is 0.336. The van der Waals surface area contributed by atoms with Gasteiger partial charge in [0, 0.05) is 47.5 Å². The highest BCUT2D eigenvalue weighted by atomic mass is 31.2. The summed E-state index contributed by atoms with van der Waals surface area (Å²) in [4.78, 5) is 33.5. The van der Waals surface area contributed by atoms with Gasteiger partial charge < -0.3 is 19.9 Å². The Morgan fingerprint density at radius 1 is 1.29 bits per heavy atom. The molecule has 10 nitrogen and oxygen atoms in total. The van der Waals surface area contributed by atoms with E-state index in [1.54, 1.807) is 19.1 Å². The van der Waals surface area contributed by atoms with E-state index in [4.69, 9.17) is 8.85 Å². The van der Waals surface area contributed by atoms with Crippen molar-refractivity contribution in [1.29, 1.82) is 0 Å². The Morgan fingerprint density at radius 3 is 2.66 bits per heavy atom. The van der Waals surface area contributed by atoms with Crippen molar-refractivity contribution in [2.24, 2.45) is 12.9 Å². The van der Waals surface area contributed by atoms with Gasteiger partial charge in [-0.15, -0.1) is 0 Å². The molecule has 1 aliphatic rings. The van der Waals surface area contributed by atoms with E-state index in [9.17, 15) is 14.2 Å². The molecule has 0 atom stereocenters. The van der Waals surface area contributed by atoms with Crippen LogP contribution >= 0.6 is 7.14 Å². The lowest BCUT2D eigenvalue weighted by atomic mass is 10.1. The minimum Gasteiger partial charge on any atom is -0.492 e. The second kappa shape index (κ2) is 9.62. The lowest BCUT2D eigenvalue weighted by molar-refractivity contribution is -0.117. The standard InChI is InChI=1S/C24H29N6O4P/c1-6-19(31)16-13-26-20(28-24(32)14-7-8-14)11-17(16)27-23-22(34-3)15(9-10-25-23)18-12-21(30(2)29-18)35(4,5)33/h9-14H,6-8H2,1-5H3,(H2,25,26,27,28,32)/i2D3. The van der Waals surface area contributed by atoms with E-state index in [2.05, 4.69) is 25.7 Å². The summed E-state index contributed by atoms with van der Waals surface area (Å²) in [6.45, 7) is 2.04. The SMILES string of the molecule is [2H]C([2H])([2H])n1nc(-c2ccnc(Nc3cc(NC(=O)C4CC4)ncc3C(=O)CC)c2OC)cc1P(C)(C)=O. The van der Waals surface area contributed by atoms with Gasteiger partial charge in [0.05, 0.1) is 29.5 Å². The van der Waals surface area contributed by atoms with Gasteiger partial charge in [-0.2, -0.15) is 5.10 Å². The Balaban J connectivity index is 1.78. The number of hydrogen-bond acceptors (Lipinski definition) is 8. The van der Waals surface area contributed by atoms with Crippen LogP contribution in [0.2, 0.25) is 0 Å². The van der Waals surface area contributed by atoms with E-state index in [-0.39, 0.29) is 52.5 Å². The van der Waals surface area contributed by atoms with Gasteiger partial charge in [-0.25, -0.2) is 9.97 Å². The second-order valence-electron chi connectivity index (χ2n) is 8.67.